The molecule has 0 radical (unpaired) electrons. The number of aliphatic hydroxyl groups excluding tert-OH is 1. The molecule has 2 rings (SSSR count). The highest BCUT2D eigenvalue weighted by molar-refractivity contribution is 4.88. The predicted octanol–water partition coefficient (Wildman–Crippen LogP) is -0.565. The average molecular weight is 142 g/mol. The van der Waals surface area contributed by atoms with E-state index < -0.39 is 0 Å². The molecule has 10 heavy (non-hydrogen) atoms. The molecule has 2 N–H and O–H groups in total. The molecule has 3 heteroatoms. The summed E-state index contributed by atoms with van der Waals surface area (Å²) in [6.45, 7) is 3.83. The lowest BCUT2D eigenvalue weighted by Gasteiger charge is -2.21. The quantitative estimate of drug-likeness (QED) is 0.542. The summed E-state index contributed by atoms with van der Waals surface area (Å²) >= 11 is 0. The Morgan fingerprint density at radius 3 is 2.90 bits per heavy atom. The van der Waals surface area contributed by atoms with E-state index in [0.29, 0.717) is 6.61 Å². The first kappa shape index (κ1) is 6.58. The van der Waals surface area contributed by atoms with Crippen LogP contribution in [0.5, 0.6) is 0 Å². The van der Waals surface area contributed by atoms with Gasteiger partial charge in [0, 0.05) is 26.2 Å². The van der Waals surface area contributed by atoms with Gasteiger partial charge in [-0.05, 0) is 18.3 Å². The van der Waals surface area contributed by atoms with E-state index in [1.807, 2.05) is 0 Å². The third-order valence-corrected chi connectivity index (χ3v) is 2.65. The summed E-state index contributed by atoms with van der Waals surface area (Å²) in [6.07, 6.45) is 0.989. The fraction of sp³-hybridized carbons (Fsp3) is 1.00. The van der Waals surface area contributed by atoms with Gasteiger partial charge in [-0.3, -0.25) is 5.43 Å². The Morgan fingerprint density at radius 2 is 2.40 bits per heavy atom. The maximum Gasteiger partial charge on any atom is 0.0434 e. The Morgan fingerprint density at radius 1 is 1.50 bits per heavy atom. The van der Waals surface area contributed by atoms with Gasteiger partial charge in [-0.15, -0.1) is 0 Å². The van der Waals surface area contributed by atoms with Crippen molar-refractivity contribution in [2.75, 3.05) is 26.2 Å². The molecule has 0 saturated carbocycles. The lowest BCUT2D eigenvalue weighted by molar-refractivity contribution is 0.190. The zero-order valence-corrected chi connectivity index (χ0v) is 6.08. The number of hydrogen-bond acceptors (Lipinski definition) is 3. The largest absolute Gasteiger partial charge is 0.396 e. The van der Waals surface area contributed by atoms with Crippen molar-refractivity contribution in [1.29, 1.82) is 0 Å². The van der Waals surface area contributed by atoms with Crippen molar-refractivity contribution in [3.63, 3.8) is 0 Å². The van der Waals surface area contributed by atoms with Crippen molar-refractivity contribution in [3.05, 3.63) is 0 Å². The van der Waals surface area contributed by atoms with Crippen LogP contribution in [-0.2, 0) is 0 Å². The minimum absolute atomic E-state index is 0.356. The average Bonchev–Trinajstić information content (AvgIpc) is 2.48. The van der Waals surface area contributed by atoms with Gasteiger partial charge in [-0.25, -0.2) is 5.01 Å². The van der Waals surface area contributed by atoms with E-state index in [9.17, 15) is 0 Å². The Hall–Kier alpha value is -0.120. The van der Waals surface area contributed by atoms with Crippen molar-refractivity contribution in [2.45, 2.75) is 6.42 Å². The zero-order chi connectivity index (χ0) is 6.97. The third-order valence-electron chi connectivity index (χ3n) is 2.65. The van der Waals surface area contributed by atoms with Crippen molar-refractivity contribution < 1.29 is 5.11 Å². The van der Waals surface area contributed by atoms with E-state index >= 15 is 0 Å². The van der Waals surface area contributed by atoms with Crippen LogP contribution >= 0.6 is 0 Å². The van der Waals surface area contributed by atoms with Crippen LogP contribution in [0, 0.1) is 11.8 Å². The lowest BCUT2D eigenvalue weighted by Crippen LogP contribution is -2.36. The number of hydrogen-bond donors (Lipinski definition) is 2. The van der Waals surface area contributed by atoms with Gasteiger partial charge in [-0.1, -0.05) is 0 Å². The molecule has 2 aliphatic rings. The van der Waals surface area contributed by atoms with E-state index in [2.05, 4.69) is 10.4 Å². The SMILES string of the molecule is OCCC1CN2CC1CN2. The summed E-state index contributed by atoms with van der Waals surface area (Å²) in [7, 11) is 0. The molecule has 2 aliphatic heterocycles. The Bertz CT molecular complexity index is 129. The van der Waals surface area contributed by atoms with Crippen LogP contribution in [0.3, 0.4) is 0 Å². The lowest BCUT2D eigenvalue weighted by atomic mass is 9.93. The second kappa shape index (κ2) is 2.49. The number of nitrogens with one attached hydrogen (secondary N) is 1. The fourth-order valence-corrected chi connectivity index (χ4v) is 2.04. The van der Waals surface area contributed by atoms with Crippen LogP contribution < -0.4 is 5.43 Å². The van der Waals surface area contributed by atoms with Gasteiger partial charge in [-0.2, -0.15) is 0 Å². The first-order chi connectivity index (χ1) is 4.90. The molecule has 58 valence electrons. The minimum Gasteiger partial charge on any atom is -0.396 e. The molecule has 0 aromatic heterocycles. The fourth-order valence-electron chi connectivity index (χ4n) is 2.04. The maximum atomic E-state index is 8.72. The highest BCUT2D eigenvalue weighted by Gasteiger charge is 2.37. The number of fused-ring (bicyclic) bond motifs is 2. The molecule has 0 aromatic carbocycles. The molecule has 0 spiro atoms. The number of rotatable bonds is 2. The van der Waals surface area contributed by atoms with E-state index in [-0.39, 0.29) is 0 Å². The molecule has 0 amide bonds. The number of hydrazine groups is 1. The smallest absolute Gasteiger partial charge is 0.0434 e. The molecule has 2 fully saturated rings. The van der Waals surface area contributed by atoms with Gasteiger partial charge in [0.2, 0.25) is 0 Å². The maximum absolute atomic E-state index is 8.72. The third kappa shape index (κ3) is 0.944. The van der Waals surface area contributed by atoms with E-state index in [1.165, 1.54) is 6.54 Å². The molecular weight excluding hydrogens is 128 g/mol. The monoisotopic (exact) mass is 142 g/mol. The Balaban J connectivity index is 1.90. The summed E-state index contributed by atoms with van der Waals surface area (Å²) in [5.41, 5.74) is 3.30. The van der Waals surface area contributed by atoms with Crippen molar-refractivity contribution in [1.82, 2.24) is 10.4 Å². The van der Waals surface area contributed by atoms with Gasteiger partial charge < -0.3 is 5.11 Å². The minimum atomic E-state index is 0.356. The predicted molar refractivity (Wildman–Crippen MR) is 38.3 cm³/mol. The summed E-state index contributed by atoms with van der Waals surface area (Å²) in [5.74, 6) is 1.57. The van der Waals surface area contributed by atoms with Crippen LogP contribution in [0.2, 0.25) is 0 Å². The van der Waals surface area contributed by atoms with Gasteiger partial charge >= 0.3 is 0 Å². The number of aliphatic hydroxyl groups is 1. The molecule has 2 heterocycles. The molecule has 3 atom stereocenters. The Kier molecular flexibility index (Phi) is 1.64. The molecule has 2 bridgehead atoms. The molecule has 2 saturated heterocycles. The second-order valence-electron chi connectivity index (χ2n) is 3.30. The standard InChI is InChI=1S/C7H14N2O/c10-2-1-6-4-9-5-7(6)3-8-9/h6-8,10H,1-5H2. The van der Waals surface area contributed by atoms with E-state index in [4.69, 9.17) is 5.11 Å². The van der Waals surface area contributed by atoms with Crippen molar-refractivity contribution >= 4 is 0 Å². The van der Waals surface area contributed by atoms with Crippen molar-refractivity contribution in [3.8, 4) is 0 Å². The molecule has 3 nitrogen and oxygen atoms in total. The zero-order valence-electron chi connectivity index (χ0n) is 6.08. The molecule has 3 unspecified atom stereocenters. The van der Waals surface area contributed by atoms with Gasteiger partial charge in [0.1, 0.15) is 0 Å². The van der Waals surface area contributed by atoms with Gasteiger partial charge in [0.05, 0.1) is 0 Å². The van der Waals surface area contributed by atoms with E-state index in [1.54, 1.807) is 0 Å². The second-order valence-corrected chi connectivity index (χ2v) is 3.30. The highest BCUT2D eigenvalue weighted by Crippen LogP contribution is 2.28. The van der Waals surface area contributed by atoms with Crippen LogP contribution in [-0.4, -0.2) is 36.4 Å². The summed E-state index contributed by atoms with van der Waals surface area (Å²) in [4.78, 5) is 0. The number of nitrogens with zero attached hydrogens (tertiary/aromatic N) is 1. The first-order valence-electron chi connectivity index (χ1n) is 3.99. The summed E-state index contributed by atoms with van der Waals surface area (Å²) < 4.78 is 0. The molecular formula is C7H14N2O. The van der Waals surface area contributed by atoms with E-state index in [0.717, 1.165) is 31.3 Å². The summed E-state index contributed by atoms with van der Waals surface area (Å²) in [5, 5.41) is 11.0. The van der Waals surface area contributed by atoms with Crippen molar-refractivity contribution in [2.24, 2.45) is 11.8 Å². The molecule has 0 aliphatic carbocycles. The molecule has 0 aromatic rings. The first-order valence-corrected chi connectivity index (χ1v) is 3.99. The van der Waals surface area contributed by atoms with Crippen LogP contribution in [0.1, 0.15) is 6.42 Å². The highest BCUT2D eigenvalue weighted by atomic mass is 16.3. The van der Waals surface area contributed by atoms with Crippen LogP contribution in [0.4, 0.5) is 0 Å². The van der Waals surface area contributed by atoms with Gasteiger partial charge in [0.25, 0.3) is 0 Å². The summed E-state index contributed by atoms with van der Waals surface area (Å²) in [6, 6.07) is 0. The Labute approximate surface area is 61.0 Å². The normalized spacial score (nSPS) is 44.7. The van der Waals surface area contributed by atoms with Crippen LogP contribution in [0.15, 0.2) is 0 Å². The van der Waals surface area contributed by atoms with Gasteiger partial charge in [0.15, 0.2) is 0 Å². The van der Waals surface area contributed by atoms with Crippen LogP contribution in [0.25, 0.3) is 0 Å². The topological polar surface area (TPSA) is 35.5 Å².